The number of anilines is 2. The van der Waals surface area contributed by atoms with Gasteiger partial charge in [-0.05, 0) is 66.1 Å². The minimum Gasteiger partial charge on any atom is -0.480 e. The lowest BCUT2D eigenvalue weighted by molar-refractivity contribution is -0.138. The van der Waals surface area contributed by atoms with Gasteiger partial charge in [0.2, 0.25) is 11.8 Å². The van der Waals surface area contributed by atoms with Gasteiger partial charge in [-0.15, -0.1) is 0 Å². The minimum atomic E-state index is -4.79. The average Bonchev–Trinajstić information content (AvgIpc) is 3.67. The number of nitrogens with zero attached hydrogens (tertiary/aromatic N) is 3. The van der Waals surface area contributed by atoms with E-state index in [-0.39, 0.29) is 48.4 Å². The van der Waals surface area contributed by atoms with Crippen molar-refractivity contribution in [2.24, 2.45) is 5.41 Å². The van der Waals surface area contributed by atoms with Gasteiger partial charge < -0.3 is 34.5 Å². The number of imide groups is 2. The number of amides is 5. The van der Waals surface area contributed by atoms with Crippen molar-refractivity contribution in [1.29, 1.82) is 5.26 Å². The van der Waals surface area contributed by atoms with Crippen LogP contribution in [0.3, 0.4) is 0 Å². The number of benzene rings is 4. The number of carbonyl (C=O) groups is 5. The fourth-order valence-corrected chi connectivity index (χ4v) is 8.13. The van der Waals surface area contributed by atoms with Crippen LogP contribution in [0.4, 0.5) is 28.9 Å². The van der Waals surface area contributed by atoms with E-state index in [1.807, 2.05) is 24.3 Å². The highest BCUT2D eigenvalue weighted by Crippen LogP contribution is 2.39. The normalized spacial score (nSPS) is 18.0. The van der Waals surface area contributed by atoms with E-state index in [2.05, 4.69) is 16.0 Å². The first kappa shape index (κ1) is 48.1. The molecule has 352 valence electrons. The van der Waals surface area contributed by atoms with Crippen molar-refractivity contribution < 1.29 is 60.5 Å². The number of hydrogen-bond acceptors (Lipinski definition) is 12. The first-order chi connectivity index (χ1) is 32.0. The van der Waals surface area contributed by atoms with Crippen LogP contribution in [-0.4, -0.2) is 111 Å². The number of nitriles is 1. The van der Waals surface area contributed by atoms with Gasteiger partial charge in [-0.2, -0.15) is 18.4 Å². The van der Waals surface area contributed by atoms with Crippen LogP contribution in [0.1, 0.15) is 64.1 Å². The van der Waals surface area contributed by atoms with E-state index in [1.54, 1.807) is 38.1 Å². The van der Waals surface area contributed by atoms with E-state index in [4.69, 9.17) is 24.2 Å². The van der Waals surface area contributed by atoms with Gasteiger partial charge in [0.1, 0.15) is 17.6 Å². The number of alkyl halides is 3. The SMILES string of the molecule is CC1(C)CN(Cc2ccc(-c3ccc(NCCOCCOCCOCCNc4cccc5c4C(=O)N(C4CCC(=O)NC4=O)C5=O)cc3)cc2F)C(=O)C1Oc1ccc(C#N)c(C(F)(F)F)c1. The Morgan fingerprint density at radius 2 is 1.49 bits per heavy atom. The third kappa shape index (κ3) is 11.2. The largest absolute Gasteiger partial charge is 0.480 e. The molecule has 3 aliphatic heterocycles. The van der Waals surface area contributed by atoms with E-state index in [1.165, 1.54) is 29.2 Å². The zero-order valence-electron chi connectivity index (χ0n) is 36.7. The second-order valence-corrected chi connectivity index (χ2v) is 16.7. The highest BCUT2D eigenvalue weighted by atomic mass is 19.4. The van der Waals surface area contributed by atoms with E-state index in [0.29, 0.717) is 70.0 Å². The van der Waals surface area contributed by atoms with E-state index >= 15 is 4.39 Å². The van der Waals surface area contributed by atoms with Crippen molar-refractivity contribution in [1.82, 2.24) is 15.1 Å². The molecule has 2 unspecified atom stereocenters. The van der Waals surface area contributed by atoms with Gasteiger partial charge in [-0.3, -0.25) is 34.2 Å². The topological polar surface area (TPSA) is 189 Å². The van der Waals surface area contributed by atoms with Crippen LogP contribution in [0.5, 0.6) is 5.75 Å². The lowest BCUT2D eigenvalue weighted by Gasteiger charge is -2.27. The van der Waals surface area contributed by atoms with Gasteiger partial charge in [0.05, 0.1) is 68.0 Å². The average molecular weight is 929 g/mol. The molecule has 2 atom stereocenters. The zero-order chi connectivity index (χ0) is 47.9. The number of piperidine rings is 1. The molecular formula is C48H48F4N6O9. The van der Waals surface area contributed by atoms with Crippen molar-refractivity contribution >= 4 is 40.9 Å². The van der Waals surface area contributed by atoms with Crippen LogP contribution in [0.25, 0.3) is 11.1 Å². The van der Waals surface area contributed by atoms with Crippen molar-refractivity contribution in [3.8, 4) is 22.9 Å². The van der Waals surface area contributed by atoms with Crippen LogP contribution in [-0.2, 0) is 41.3 Å². The third-order valence-corrected chi connectivity index (χ3v) is 11.5. The van der Waals surface area contributed by atoms with Gasteiger partial charge in [-0.1, -0.05) is 44.2 Å². The molecule has 0 bridgehead atoms. The van der Waals surface area contributed by atoms with Crippen LogP contribution >= 0.6 is 0 Å². The molecule has 2 saturated heterocycles. The van der Waals surface area contributed by atoms with E-state index in [9.17, 15) is 37.1 Å². The second-order valence-electron chi connectivity index (χ2n) is 16.7. The summed E-state index contributed by atoms with van der Waals surface area (Å²) in [6.45, 7) is 6.58. The Morgan fingerprint density at radius 3 is 2.15 bits per heavy atom. The van der Waals surface area contributed by atoms with Crippen molar-refractivity contribution in [3.05, 3.63) is 112 Å². The summed E-state index contributed by atoms with van der Waals surface area (Å²) in [4.78, 5) is 65.9. The Labute approximate surface area is 383 Å². The smallest absolute Gasteiger partial charge is 0.417 e. The van der Waals surface area contributed by atoms with Gasteiger partial charge in [0.25, 0.3) is 17.7 Å². The number of rotatable bonds is 20. The lowest BCUT2D eigenvalue weighted by Crippen LogP contribution is -2.54. The van der Waals surface area contributed by atoms with Crippen molar-refractivity contribution in [2.45, 2.75) is 51.6 Å². The lowest BCUT2D eigenvalue weighted by atomic mass is 9.89. The zero-order valence-corrected chi connectivity index (χ0v) is 36.7. The molecule has 0 saturated carbocycles. The molecule has 15 nitrogen and oxygen atoms in total. The number of likely N-dealkylation sites (tertiary alicyclic amines) is 1. The molecule has 4 aromatic rings. The summed E-state index contributed by atoms with van der Waals surface area (Å²) in [7, 11) is 0. The van der Waals surface area contributed by atoms with Gasteiger partial charge in [0.15, 0.2) is 6.10 Å². The summed E-state index contributed by atoms with van der Waals surface area (Å²) in [5.74, 6) is -3.47. The number of ether oxygens (including phenoxy) is 4. The Balaban J connectivity index is 0.763. The van der Waals surface area contributed by atoms with Crippen LogP contribution in [0.2, 0.25) is 0 Å². The maximum atomic E-state index is 15.5. The van der Waals surface area contributed by atoms with Crippen molar-refractivity contribution in [3.63, 3.8) is 0 Å². The summed E-state index contributed by atoms with van der Waals surface area (Å²) >= 11 is 0. The predicted octanol–water partition coefficient (Wildman–Crippen LogP) is 6.17. The maximum Gasteiger partial charge on any atom is 0.417 e. The monoisotopic (exact) mass is 928 g/mol. The number of carbonyl (C=O) groups excluding carboxylic acids is 5. The summed E-state index contributed by atoms with van der Waals surface area (Å²) in [5.41, 5.74) is 0.791. The fraction of sp³-hybridized carbons (Fsp3) is 0.375. The number of halogens is 4. The molecule has 0 aromatic heterocycles. The molecule has 0 aliphatic carbocycles. The molecule has 5 amide bonds. The van der Waals surface area contributed by atoms with Crippen molar-refractivity contribution in [2.75, 3.05) is 69.9 Å². The molecule has 0 radical (unpaired) electrons. The Morgan fingerprint density at radius 1 is 0.821 bits per heavy atom. The van der Waals surface area contributed by atoms with Gasteiger partial charge >= 0.3 is 6.18 Å². The third-order valence-electron chi connectivity index (χ3n) is 11.5. The number of hydrogen-bond donors (Lipinski definition) is 3. The molecule has 67 heavy (non-hydrogen) atoms. The fourth-order valence-electron chi connectivity index (χ4n) is 8.13. The molecule has 3 heterocycles. The second kappa shape index (κ2) is 20.7. The first-order valence-electron chi connectivity index (χ1n) is 21.6. The van der Waals surface area contributed by atoms with Crippen LogP contribution in [0.15, 0.2) is 78.9 Å². The summed E-state index contributed by atoms with van der Waals surface area (Å²) in [6, 6.07) is 20.4. The molecule has 7 rings (SSSR count). The summed E-state index contributed by atoms with van der Waals surface area (Å²) in [6.07, 6.45) is -5.79. The number of nitrogens with one attached hydrogen (secondary N) is 3. The highest BCUT2D eigenvalue weighted by Gasteiger charge is 2.49. The maximum absolute atomic E-state index is 15.5. The van der Waals surface area contributed by atoms with Crippen LogP contribution < -0.4 is 20.7 Å². The van der Waals surface area contributed by atoms with Gasteiger partial charge in [-0.25, -0.2) is 4.39 Å². The Bertz CT molecular complexity index is 2560. The van der Waals surface area contributed by atoms with E-state index < -0.39 is 70.2 Å². The Hall–Kier alpha value is -6.88. The van der Waals surface area contributed by atoms with Gasteiger partial charge in [0, 0.05) is 55.0 Å². The molecular weight excluding hydrogens is 881 g/mol. The summed E-state index contributed by atoms with van der Waals surface area (Å²) < 4.78 is 78.7. The molecule has 19 heteroatoms. The molecule has 3 N–H and O–H groups in total. The standard InChI is InChI=1S/C48H48F4N6O9/c1-47(2)28-57(46(63)42(47)67-34-13-10-31(26-53)36(25-34)48(50,51)52)27-32-7-6-30(24-37(32)49)29-8-11-33(12-9-29)54-16-18-64-20-22-66-23-21-65-19-17-55-38-5-3-4-35-41(38)45(62)58(44(35)61)39-14-15-40(59)56-43(39)60/h3-13,24-25,39,42,54-55H,14-23,27-28H2,1-2H3,(H,56,59,60). The number of fused-ring (bicyclic) bond motifs is 1. The molecule has 2 fully saturated rings. The Kier molecular flexibility index (Phi) is 14.9. The predicted molar refractivity (Wildman–Crippen MR) is 234 cm³/mol. The first-order valence-corrected chi connectivity index (χ1v) is 21.6. The quantitative estimate of drug-likeness (QED) is 0.0520. The molecule has 3 aliphatic rings. The summed E-state index contributed by atoms with van der Waals surface area (Å²) in [5, 5.41) is 17.7. The molecule has 0 spiro atoms. The minimum absolute atomic E-state index is 0.0410. The van der Waals surface area contributed by atoms with Crippen LogP contribution in [0, 0.1) is 22.6 Å². The molecule has 4 aromatic carbocycles. The highest BCUT2D eigenvalue weighted by molar-refractivity contribution is 6.25. The van der Waals surface area contributed by atoms with E-state index in [0.717, 1.165) is 22.2 Å².